The van der Waals surface area contributed by atoms with Crippen molar-refractivity contribution in [2.45, 2.75) is 31.2 Å². The number of benzene rings is 3. The zero-order valence-corrected chi connectivity index (χ0v) is 26.0. The van der Waals surface area contributed by atoms with Crippen LogP contribution in [-0.4, -0.2) is 66.6 Å². The van der Waals surface area contributed by atoms with E-state index in [1.165, 1.54) is 30.3 Å². The van der Waals surface area contributed by atoms with Crippen LogP contribution < -0.4 is 15.5 Å². The third kappa shape index (κ3) is 10.5. The van der Waals surface area contributed by atoms with Crippen LogP contribution in [0.1, 0.15) is 56.7 Å². The van der Waals surface area contributed by atoms with Gasteiger partial charge in [-0.15, -0.1) is 0 Å². The quantitative estimate of drug-likeness (QED) is 0.110. The highest BCUT2D eigenvalue weighted by atomic mass is 35.5. The molecule has 0 bridgehead atoms. The lowest BCUT2D eigenvalue weighted by molar-refractivity contribution is -0.137. The lowest BCUT2D eigenvalue weighted by atomic mass is 10.1. The van der Waals surface area contributed by atoms with Crippen LogP contribution >= 0.6 is 23.4 Å². The van der Waals surface area contributed by atoms with Gasteiger partial charge in [0.2, 0.25) is 0 Å². The molecule has 4 rings (SSSR count). The number of halogens is 4. The van der Waals surface area contributed by atoms with E-state index in [2.05, 4.69) is 20.7 Å². The Bertz CT molecular complexity index is 1500. The molecule has 3 aromatic carbocycles. The van der Waals surface area contributed by atoms with Crippen LogP contribution in [0.4, 0.5) is 18.9 Å². The zero-order valence-electron chi connectivity index (χ0n) is 24.4. The minimum Gasteiger partial charge on any atom is -0.492 e. The van der Waals surface area contributed by atoms with E-state index in [-0.39, 0.29) is 23.4 Å². The van der Waals surface area contributed by atoms with Gasteiger partial charge in [0, 0.05) is 23.6 Å². The van der Waals surface area contributed by atoms with Crippen LogP contribution in [0.2, 0.25) is 5.02 Å². The number of carbonyl (C=O) groups excluding carboxylic acids is 2. The molecule has 1 heterocycles. The molecule has 2 amide bonds. The molecule has 45 heavy (non-hydrogen) atoms. The van der Waals surface area contributed by atoms with Gasteiger partial charge in [-0.25, -0.2) is 5.43 Å². The third-order valence-electron chi connectivity index (χ3n) is 6.98. The second-order valence-electron chi connectivity index (χ2n) is 10.3. The maximum atomic E-state index is 13.3. The van der Waals surface area contributed by atoms with E-state index >= 15 is 0 Å². The van der Waals surface area contributed by atoms with E-state index in [1.54, 1.807) is 30.3 Å². The molecule has 0 aliphatic carbocycles. The van der Waals surface area contributed by atoms with Crippen molar-refractivity contribution >= 4 is 47.1 Å². The number of nitrogens with one attached hydrogen (secondary N) is 2. The van der Waals surface area contributed by atoms with Crippen molar-refractivity contribution in [3.8, 4) is 5.75 Å². The zero-order chi connectivity index (χ0) is 32.2. The number of hydrogen-bond acceptors (Lipinski definition) is 7. The second kappa shape index (κ2) is 16.6. The van der Waals surface area contributed by atoms with E-state index in [9.17, 15) is 22.8 Å². The number of likely N-dealkylation sites (tertiary alicyclic amines) is 1. The normalized spacial score (nSPS) is 14.0. The highest BCUT2D eigenvalue weighted by molar-refractivity contribution is 7.98. The molecule has 1 aliphatic rings. The van der Waals surface area contributed by atoms with Crippen molar-refractivity contribution in [2.24, 2.45) is 5.10 Å². The Morgan fingerprint density at radius 3 is 2.60 bits per heavy atom. The van der Waals surface area contributed by atoms with Gasteiger partial charge in [-0.2, -0.15) is 30.0 Å². The van der Waals surface area contributed by atoms with Gasteiger partial charge >= 0.3 is 6.18 Å². The van der Waals surface area contributed by atoms with E-state index in [4.69, 9.17) is 21.4 Å². The number of hydrogen-bond donors (Lipinski definition) is 3. The van der Waals surface area contributed by atoms with Gasteiger partial charge in [-0.05, 0) is 79.5 Å². The summed E-state index contributed by atoms with van der Waals surface area (Å²) in [4.78, 5) is 28.8. The number of aliphatic hydroxyl groups is 1. The summed E-state index contributed by atoms with van der Waals surface area (Å²) in [6.45, 7) is 3.23. The summed E-state index contributed by atoms with van der Waals surface area (Å²) in [5.74, 6) is 0.457. The van der Waals surface area contributed by atoms with Crippen LogP contribution in [0.15, 0.2) is 65.8 Å². The number of piperidine rings is 1. The Morgan fingerprint density at radius 1 is 1.04 bits per heavy atom. The summed E-state index contributed by atoms with van der Waals surface area (Å²) in [5.41, 5.74) is 2.92. The fourth-order valence-electron chi connectivity index (χ4n) is 4.70. The largest absolute Gasteiger partial charge is 0.492 e. The average Bonchev–Trinajstić information content (AvgIpc) is 3.02. The van der Waals surface area contributed by atoms with Gasteiger partial charge in [0.1, 0.15) is 12.4 Å². The minimum atomic E-state index is -4.65. The highest BCUT2D eigenvalue weighted by Gasteiger charge is 2.33. The van der Waals surface area contributed by atoms with E-state index in [0.717, 1.165) is 56.4 Å². The molecule has 240 valence electrons. The maximum absolute atomic E-state index is 13.3. The first kappa shape index (κ1) is 34.3. The number of ether oxygens (including phenoxy) is 1. The summed E-state index contributed by atoms with van der Waals surface area (Å²) >= 11 is 7.22. The molecule has 8 nitrogen and oxygen atoms in total. The van der Waals surface area contributed by atoms with Crippen LogP contribution in [0.5, 0.6) is 5.75 Å². The molecule has 3 aromatic rings. The maximum Gasteiger partial charge on any atom is 0.417 e. The summed E-state index contributed by atoms with van der Waals surface area (Å²) in [6, 6.07) is 15.0. The molecule has 0 aromatic heterocycles. The lowest BCUT2D eigenvalue weighted by Crippen LogP contribution is -2.33. The fraction of sp³-hybridized carbons (Fsp3) is 0.344. The van der Waals surface area contributed by atoms with Crippen LogP contribution in [-0.2, 0) is 11.9 Å². The summed E-state index contributed by atoms with van der Waals surface area (Å²) in [6.07, 6.45) is -0.0567. The SMILES string of the molecule is O=C(Nc1ccc(OCCN2CCCCC2)cc1C(=O)N/N=C\c1ccc(Cl)c(C(F)(F)F)c1)c1cccc(CSCCO)c1. The Hall–Kier alpha value is -3.58. The Labute approximate surface area is 269 Å². The number of thioether (sulfide) groups is 1. The summed E-state index contributed by atoms with van der Waals surface area (Å²) < 4.78 is 45.6. The molecule has 0 radical (unpaired) electrons. The topological polar surface area (TPSA) is 103 Å². The van der Waals surface area contributed by atoms with Crippen molar-refractivity contribution in [2.75, 3.05) is 43.9 Å². The van der Waals surface area contributed by atoms with Gasteiger partial charge in [0.05, 0.1) is 34.7 Å². The van der Waals surface area contributed by atoms with Crippen LogP contribution in [0.3, 0.4) is 0 Å². The molecule has 1 aliphatic heterocycles. The summed E-state index contributed by atoms with van der Waals surface area (Å²) in [7, 11) is 0. The number of hydrazone groups is 1. The molecule has 0 spiro atoms. The molecule has 0 atom stereocenters. The number of carbonyl (C=O) groups is 2. The molecular formula is C32H34ClF3N4O4S. The van der Waals surface area contributed by atoms with Gasteiger partial charge in [0.25, 0.3) is 11.8 Å². The third-order valence-corrected chi connectivity index (χ3v) is 8.32. The van der Waals surface area contributed by atoms with Crippen molar-refractivity contribution < 1.29 is 32.6 Å². The molecule has 3 N–H and O–H groups in total. The average molecular weight is 663 g/mol. The van der Waals surface area contributed by atoms with Gasteiger partial charge in [-0.3, -0.25) is 14.5 Å². The number of alkyl halides is 3. The summed E-state index contributed by atoms with van der Waals surface area (Å²) in [5, 5.41) is 15.2. The first-order valence-corrected chi connectivity index (χ1v) is 16.0. The molecular weight excluding hydrogens is 629 g/mol. The number of aliphatic hydroxyl groups excluding tert-OH is 1. The van der Waals surface area contributed by atoms with Gasteiger partial charge in [0.15, 0.2) is 0 Å². The molecule has 0 unspecified atom stereocenters. The second-order valence-corrected chi connectivity index (χ2v) is 11.8. The first-order chi connectivity index (χ1) is 21.6. The number of amides is 2. The van der Waals surface area contributed by atoms with E-state index in [1.807, 2.05) is 6.07 Å². The van der Waals surface area contributed by atoms with Crippen molar-refractivity contribution in [3.05, 3.63) is 93.5 Å². The Morgan fingerprint density at radius 2 is 1.84 bits per heavy atom. The van der Waals surface area contributed by atoms with Crippen molar-refractivity contribution in [1.82, 2.24) is 10.3 Å². The minimum absolute atomic E-state index is 0.0534. The smallest absolute Gasteiger partial charge is 0.417 e. The number of nitrogens with zero attached hydrogens (tertiary/aromatic N) is 2. The molecule has 1 saturated heterocycles. The number of rotatable bonds is 13. The van der Waals surface area contributed by atoms with Crippen LogP contribution in [0, 0.1) is 0 Å². The van der Waals surface area contributed by atoms with Crippen molar-refractivity contribution in [1.29, 1.82) is 0 Å². The standard InChI is InChI=1S/C32H34ClF3N4O4S/c33-28-9-7-22(18-27(28)32(34,35)36)20-37-39-31(43)26-19-25(44-15-13-40-11-2-1-3-12-40)8-10-29(26)38-30(42)24-6-4-5-23(17-24)21-45-16-14-41/h4-10,17-20,41H,1-3,11-16,21H2,(H,38,42)(H,39,43)/b37-20-. The fourth-order valence-corrected chi connectivity index (χ4v) is 5.62. The molecule has 0 saturated carbocycles. The van der Waals surface area contributed by atoms with E-state index in [0.29, 0.717) is 29.4 Å². The number of anilines is 1. The first-order valence-electron chi connectivity index (χ1n) is 14.4. The predicted molar refractivity (Wildman–Crippen MR) is 171 cm³/mol. The monoisotopic (exact) mass is 662 g/mol. The highest BCUT2D eigenvalue weighted by Crippen LogP contribution is 2.35. The molecule has 1 fully saturated rings. The van der Waals surface area contributed by atoms with Crippen LogP contribution in [0.25, 0.3) is 0 Å². The Kier molecular flexibility index (Phi) is 12.7. The lowest BCUT2D eigenvalue weighted by Gasteiger charge is -2.26. The molecule has 13 heteroatoms. The van der Waals surface area contributed by atoms with Gasteiger partial charge < -0.3 is 15.2 Å². The van der Waals surface area contributed by atoms with Gasteiger partial charge in [-0.1, -0.05) is 36.2 Å². The Balaban J connectivity index is 1.51. The predicted octanol–water partition coefficient (Wildman–Crippen LogP) is 6.47. The van der Waals surface area contributed by atoms with Crippen molar-refractivity contribution in [3.63, 3.8) is 0 Å². The van der Waals surface area contributed by atoms with E-state index < -0.39 is 28.6 Å².